The van der Waals surface area contributed by atoms with Crippen molar-refractivity contribution >= 4 is 17.8 Å². The second kappa shape index (κ2) is 11.0. The first-order valence-corrected chi connectivity index (χ1v) is 8.37. The first-order chi connectivity index (χ1) is 11.9. The lowest BCUT2D eigenvalue weighted by Crippen LogP contribution is -2.40. The van der Waals surface area contributed by atoms with Crippen molar-refractivity contribution in [1.29, 1.82) is 0 Å². The number of amides is 1. The maximum Gasteiger partial charge on any atom is 0.326 e. The Labute approximate surface area is 147 Å². The number of nitrogens with one attached hydrogen (secondary N) is 1. The van der Waals surface area contributed by atoms with Crippen LogP contribution in [0.1, 0.15) is 55.8 Å². The van der Waals surface area contributed by atoms with E-state index >= 15 is 0 Å². The standard InChI is InChI=1S/C19H25NO5/c1-3-4-5-6-7-8-9-17(19(23)24)20-18(22)15-10-12-16(13-11-15)25-14(2)21/h3,10-13,17H,1,4-9H2,2H3,(H,20,22)(H,23,24)/t17-/m0/s1. The Bertz CT molecular complexity index is 594. The third-order valence-corrected chi connectivity index (χ3v) is 3.63. The molecule has 0 aliphatic carbocycles. The summed E-state index contributed by atoms with van der Waals surface area (Å²) in [5.74, 6) is -1.63. The van der Waals surface area contributed by atoms with Crippen molar-refractivity contribution in [3.05, 3.63) is 42.5 Å². The Kier molecular flexibility index (Phi) is 9.00. The van der Waals surface area contributed by atoms with Crippen LogP contribution < -0.4 is 10.1 Å². The second-order valence-corrected chi connectivity index (χ2v) is 5.76. The molecule has 0 fully saturated rings. The van der Waals surface area contributed by atoms with Gasteiger partial charge >= 0.3 is 11.9 Å². The summed E-state index contributed by atoms with van der Waals surface area (Å²) in [5.41, 5.74) is 0.313. The van der Waals surface area contributed by atoms with Crippen molar-refractivity contribution in [3.63, 3.8) is 0 Å². The van der Waals surface area contributed by atoms with Gasteiger partial charge in [-0.25, -0.2) is 4.79 Å². The number of hydrogen-bond acceptors (Lipinski definition) is 4. The number of esters is 1. The van der Waals surface area contributed by atoms with E-state index < -0.39 is 23.9 Å². The number of rotatable bonds is 11. The zero-order valence-electron chi connectivity index (χ0n) is 14.5. The van der Waals surface area contributed by atoms with Gasteiger partial charge in [0, 0.05) is 12.5 Å². The molecule has 0 saturated carbocycles. The topological polar surface area (TPSA) is 92.7 Å². The number of carbonyl (C=O) groups excluding carboxylic acids is 2. The summed E-state index contributed by atoms with van der Waals surface area (Å²) in [6.07, 6.45) is 6.94. The number of aliphatic carboxylic acids is 1. The molecule has 1 atom stereocenters. The number of benzene rings is 1. The summed E-state index contributed by atoms with van der Waals surface area (Å²) in [6, 6.07) is 5.04. The van der Waals surface area contributed by atoms with Crippen LogP contribution >= 0.6 is 0 Å². The molecule has 0 unspecified atom stereocenters. The van der Waals surface area contributed by atoms with E-state index in [-0.39, 0.29) is 0 Å². The lowest BCUT2D eigenvalue weighted by Gasteiger charge is -2.14. The molecule has 1 aromatic rings. The SMILES string of the molecule is C=CCCCCCC[C@H](NC(=O)c1ccc(OC(C)=O)cc1)C(=O)O. The van der Waals surface area contributed by atoms with Crippen molar-refractivity contribution < 1.29 is 24.2 Å². The monoisotopic (exact) mass is 347 g/mol. The average molecular weight is 347 g/mol. The Morgan fingerprint density at radius 2 is 1.80 bits per heavy atom. The van der Waals surface area contributed by atoms with Crippen LogP contribution in [-0.2, 0) is 9.59 Å². The normalized spacial score (nSPS) is 11.4. The van der Waals surface area contributed by atoms with E-state index in [9.17, 15) is 19.5 Å². The molecule has 0 aliphatic heterocycles. The molecule has 1 aromatic carbocycles. The van der Waals surface area contributed by atoms with Gasteiger partial charge in [0.05, 0.1) is 0 Å². The molecule has 2 N–H and O–H groups in total. The number of ether oxygens (including phenoxy) is 1. The average Bonchev–Trinajstić information content (AvgIpc) is 2.56. The number of unbranched alkanes of at least 4 members (excludes halogenated alkanes) is 4. The number of carboxylic acids is 1. The molecule has 0 radical (unpaired) electrons. The molecule has 0 bridgehead atoms. The van der Waals surface area contributed by atoms with Crippen LogP contribution in [0.15, 0.2) is 36.9 Å². The summed E-state index contributed by atoms with van der Waals surface area (Å²) < 4.78 is 4.89. The number of hydrogen-bond donors (Lipinski definition) is 2. The van der Waals surface area contributed by atoms with Gasteiger partial charge in [-0.3, -0.25) is 9.59 Å². The summed E-state index contributed by atoms with van der Waals surface area (Å²) in [4.78, 5) is 34.4. The van der Waals surface area contributed by atoms with Crippen LogP contribution in [0.25, 0.3) is 0 Å². The Balaban J connectivity index is 2.50. The zero-order valence-corrected chi connectivity index (χ0v) is 14.5. The number of carbonyl (C=O) groups is 3. The van der Waals surface area contributed by atoms with Crippen molar-refractivity contribution in [1.82, 2.24) is 5.32 Å². The highest BCUT2D eigenvalue weighted by molar-refractivity contribution is 5.96. The molecule has 0 spiro atoms. The maximum atomic E-state index is 12.2. The molecule has 136 valence electrons. The fourth-order valence-corrected chi connectivity index (χ4v) is 2.33. The van der Waals surface area contributed by atoms with E-state index in [1.165, 1.54) is 31.2 Å². The van der Waals surface area contributed by atoms with Gasteiger partial charge in [0.2, 0.25) is 0 Å². The molecule has 1 amide bonds. The highest BCUT2D eigenvalue weighted by atomic mass is 16.5. The third kappa shape index (κ3) is 8.15. The summed E-state index contributed by atoms with van der Waals surface area (Å²) >= 11 is 0. The van der Waals surface area contributed by atoms with Crippen molar-refractivity contribution in [3.8, 4) is 5.75 Å². The minimum absolute atomic E-state index is 0.313. The first-order valence-electron chi connectivity index (χ1n) is 8.37. The van der Waals surface area contributed by atoms with Crippen LogP contribution in [0.5, 0.6) is 5.75 Å². The lowest BCUT2D eigenvalue weighted by atomic mass is 10.1. The zero-order chi connectivity index (χ0) is 18.7. The Hall–Kier alpha value is -2.63. The minimum Gasteiger partial charge on any atom is -0.480 e. The fourth-order valence-electron chi connectivity index (χ4n) is 2.33. The molecule has 6 nitrogen and oxygen atoms in total. The molecule has 6 heteroatoms. The van der Waals surface area contributed by atoms with Crippen molar-refractivity contribution in [2.75, 3.05) is 0 Å². The Morgan fingerprint density at radius 3 is 2.36 bits per heavy atom. The summed E-state index contributed by atoms with van der Waals surface area (Å²) in [5, 5.41) is 11.8. The van der Waals surface area contributed by atoms with Gasteiger partial charge in [-0.15, -0.1) is 6.58 Å². The van der Waals surface area contributed by atoms with Gasteiger partial charge in [0.25, 0.3) is 5.91 Å². The Morgan fingerprint density at radius 1 is 1.16 bits per heavy atom. The maximum absolute atomic E-state index is 12.2. The third-order valence-electron chi connectivity index (χ3n) is 3.63. The quantitative estimate of drug-likeness (QED) is 0.277. The molecule has 0 aromatic heterocycles. The largest absolute Gasteiger partial charge is 0.480 e. The highest BCUT2D eigenvalue weighted by Crippen LogP contribution is 2.13. The van der Waals surface area contributed by atoms with Gasteiger partial charge in [-0.1, -0.05) is 25.3 Å². The number of carboxylic acid groups (broad SMARTS) is 1. The van der Waals surface area contributed by atoms with Crippen molar-refractivity contribution in [2.24, 2.45) is 0 Å². The van der Waals surface area contributed by atoms with E-state index in [0.29, 0.717) is 17.7 Å². The first kappa shape index (κ1) is 20.4. The van der Waals surface area contributed by atoms with Crippen molar-refractivity contribution in [2.45, 2.75) is 51.5 Å². The van der Waals surface area contributed by atoms with E-state index in [2.05, 4.69) is 11.9 Å². The van der Waals surface area contributed by atoms with Gasteiger partial charge < -0.3 is 15.2 Å². The van der Waals surface area contributed by atoms with Gasteiger partial charge in [-0.05, 0) is 43.5 Å². The summed E-state index contributed by atoms with van der Waals surface area (Å²) in [7, 11) is 0. The van der Waals surface area contributed by atoms with E-state index in [1.807, 2.05) is 6.08 Å². The molecule has 0 heterocycles. The van der Waals surface area contributed by atoms with Crippen LogP contribution in [0.3, 0.4) is 0 Å². The molecule has 1 rings (SSSR count). The van der Waals surface area contributed by atoms with E-state index in [1.54, 1.807) is 0 Å². The van der Waals surface area contributed by atoms with Gasteiger partial charge in [-0.2, -0.15) is 0 Å². The molecule has 0 aliphatic rings. The lowest BCUT2D eigenvalue weighted by molar-refractivity contribution is -0.139. The van der Waals surface area contributed by atoms with Crippen LogP contribution in [0.2, 0.25) is 0 Å². The minimum atomic E-state index is -1.05. The molecule has 25 heavy (non-hydrogen) atoms. The van der Waals surface area contributed by atoms with Crippen LogP contribution in [-0.4, -0.2) is 29.0 Å². The highest BCUT2D eigenvalue weighted by Gasteiger charge is 2.20. The summed E-state index contributed by atoms with van der Waals surface area (Å²) in [6.45, 7) is 4.95. The second-order valence-electron chi connectivity index (χ2n) is 5.76. The van der Waals surface area contributed by atoms with Gasteiger partial charge in [0.15, 0.2) is 0 Å². The fraction of sp³-hybridized carbons (Fsp3) is 0.421. The van der Waals surface area contributed by atoms with Gasteiger partial charge in [0.1, 0.15) is 11.8 Å². The van der Waals surface area contributed by atoms with Crippen LogP contribution in [0.4, 0.5) is 0 Å². The predicted molar refractivity (Wildman–Crippen MR) is 94.5 cm³/mol. The molecular weight excluding hydrogens is 322 g/mol. The molecular formula is C19H25NO5. The van der Waals surface area contributed by atoms with Crippen LogP contribution in [0, 0.1) is 0 Å². The van der Waals surface area contributed by atoms with E-state index in [4.69, 9.17) is 4.74 Å². The van der Waals surface area contributed by atoms with E-state index in [0.717, 1.165) is 32.1 Å². The smallest absolute Gasteiger partial charge is 0.326 e. The number of allylic oxidation sites excluding steroid dienone is 1. The molecule has 0 saturated heterocycles. The predicted octanol–water partition coefficient (Wildman–Crippen LogP) is 3.32.